The van der Waals surface area contributed by atoms with Crippen molar-refractivity contribution in [3.8, 4) is 5.75 Å². The van der Waals surface area contributed by atoms with Gasteiger partial charge in [0.25, 0.3) is 0 Å². The van der Waals surface area contributed by atoms with Gasteiger partial charge >= 0.3 is 0 Å². The Morgan fingerprint density at radius 2 is 2.16 bits per heavy atom. The lowest BCUT2D eigenvalue weighted by molar-refractivity contribution is 0.313. The molecule has 1 heterocycles. The highest BCUT2D eigenvalue weighted by Gasteiger charge is 2.32. The summed E-state index contributed by atoms with van der Waals surface area (Å²) in [4.78, 5) is 0. The Morgan fingerprint density at radius 3 is 2.95 bits per heavy atom. The minimum absolute atomic E-state index is 0.612. The molecule has 1 aromatic carbocycles. The average molecular weight is 259 g/mol. The first kappa shape index (κ1) is 13.0. The van der Waals surface area contributed by atoms with Crippen LogP contribution in [0.5, 0.6) is 5.75 Å². The molecule has 0 bridgehead atoms. The minimum Gasteiger partial charge on any atom is -0.493 e. The van der Waals surface area contributed by atoms with E-state index in [1.165, 1.54) is 44.2 Å². The van der Waals surface area contributed by atoms with Gasteiger partial charge in [0.05, 0.1) is 6.61 Å². The van der Waals surface area contributed by atoms with Gasteiger partial charge < -0.3 is 10.1 Å². The van der Waals surface area contributed by atoms with Gasteiger partial charge in [-0.25, -0.2) is 0 Å². The van der Waals surface area contributed by atoms with Crippen LogP contribution in [0.4, 0.5) is 0 Å². The molecule has 0 radical (unpaired) electrons. The van der Waals surface area contributed by atoms with E-state index in [4.69, 9.17) is 4.74 Å². The summed E-state index contributed by atoms with van der Waals surface area (Å²) in [7, 11) is 0. The van der Waals surface area contributed by atoms with Gasteiger partial charge in [-0.3, -0.25) is 0 Å². The molecule has 0 amide bonds. The van der Waals surface area contributed by atoms with Gasteiger partial charge in [-0.1, -0.05) is 25.1 Å². The van der Waals surface area contributed by atoms with Crippen molar-refractivity contribution in [3.63, 3.8) is 0 Å². The molecule has 1 saturated carbocycles. The van der Waals surface area contributed by atoms with Crippen LogP contribution in [-0.4, -0.2) is 19.2 Å². The zero-order chi connectivity index (χ0) is 13.1. The van der Waals surface area contributed by atoms with E-state index in [0.717, 1.165) is 24.3 Å². The Bertz CT molecular complexity index is 413. The third-order valence-electron chi connectivity index (χ3n) is 4.47. The van der Waals surface area contributed by atoms with E-state index < -0.39 is 0 Å². The summed E-state index contributed by atoms with van der Waals surface area (Å²) in [5, 5.41) is 3.74. The largest absolute Gasteiger partial charge is 0.493 e. The fourth-order valence-electron chi connectivity index (χ4n) is 3.18. The molecule has 1 aromatic rings. The maximum Gasteiger partial charge on any atom is 0.122 e. The van der Waals surface area contributed by atoms with Crippen LogP contribution in [0.3, 0.4) is 0 Å². The molecule has 2 nitrogen and oxygen atoms in total. The summed E-state index contributed by atoms with van der Waals surface area (Å²) in [6.45, 7) is 4.29. The van der Waals surface area contributed by atoms with Gasteiger partial charge in [0.15, 0.2) is 0 Å². The van der Waals surface area contributed by atoms with Gasteiger partial charge in [-0.2, -0.15) is 0 Å². The highest BCUT2D eigenvalue weighted by atomic mass is 16.5. The third kappa shape index (κ3) is 3.11. The number of para-hydroxylation sites is 1. The van der Waals surface area contributed by atoms with Crippen LogP contribution in [0.1, 0.15) is 50.5 Å². The summed E-state index contributed by atoms with van der Waals surface area (Å²) >= 11 is 0. The molecule has 0 aromatic heterocycles. The standard InChI is InChI=1S/C17H25NO/c1-2-11-18-16(13-7-8-13)10-9-14-12-19-17-6-4-3-5-15(14)17/h3-6,13-14,16,18H,2,7-12H2,1H3. The summed E-state index contributed by atoms with van der Waals surface area (Å²) in [6, 6.07) is 9.28. The monoisotopic (exact) mass is 259 g/mol. The highest BCUT2D eigenvalue weighted by Crippen LogP contribution is 2.39. The number of nitrogens with one attached hydrogen (secondary N) is 1. The van der Waals surface area contributed by atoms with Gasteiger partial charge in [0.2, 0.25) is 0 Å². The molecule has 0 saturated heterocycles. The molecule has 2 unspecified atom stereocenters. The van der Waals surface area contributed by atoms with Gasteiger partial charge in [0.1, 0.15) is 5.75 Å². The lowest BCUT2D eigenvalue weighted by Crippen LogP contribution is -2.32. The maximum absolute atomic E-state index is 5.78. The lowest BCUT2D eigenvalue weighted by Gasteiger charge is -2.19. The first-order valence-electron chi connectivity index (χ1n) is 7.83. The van der Waals surface area contributed by atoms with E-state index >= 15 is 0 Å². The van der Waals surface area contributed by atoms with Gasteiger partial charge in [-0.15, -0.1) is 0 Å². The number of benzene rings is 1. The smallest absolute Gasteiger partial charge is 0.122 e. The van der Waals surface area contributed by atoms with Crippen LogP contribution in [0.15, 0.2) is 24.3 Å². The first-order valence-corrected chi connectivity index (χ1v) is 7.83. The maximum atomic E-state index is 5.78. The SMILES string of the molecule is CCCNC(CCC1COc2ccccc21)C1CC1. The predicted octanol–water partition coefficient (Wildman–Crippen LogP) is 3.72. The molecule has 2 heteroatoms. The van der Waals surface area contributed by atoms with Crippen molar-refractivity contribution in [2.75, 3.05) is 13.2 Å². The minimum atomic E-state index is 0.612. The summed E-state index contributed by atoms with van der Waals surface area (Å²) in [5.74, 6) is 2.67. The predicted molar refractivity (Wildman–Crippen MR) is 78.7 cm³/mol. The molecule has 2 aliphatic rings. The summed E-state index contributed by atoms with van der Waals surface area (Å²) < 4.78 is 5.78. The van der Waals surface area contributed by atoms with Crippen molar-refractivity contribution >= 4 is 0 Å². The molecule has 19 heavy (non-hydrogen) atoms. The van der Waals surface area contributed by atoms with Gasteiger partial charge in [0, 0.05) is 17.5 Å². The van der Waals surface area contributed by atoms with Crippen molar-refractivity contribution in [3.05, 3.63) is 29.8 Å². The summed E-state index contributed by atoms with van der Waals surface area (Å²) in [6.07, 6.45) is 6.65. The van der Waals surface area contributed by atoms with Crippen LogP contribution < -0.4 is 10.1 Å². The Morgan fingerprint density at radius 1 is 1.32 bits per heavy atom. The van der Waals surface area contributed by atoms with E-state index in [2.05, 4.69) is 36.5 Å². The number of ether oxygens (including phenoxy) is 1. The molecule has 1 fully saturated rings. The third-order valence-corrected chi connectivity index (χ3v) is 4.47. The highest BCUT2D eigenvalue weighted by molar-refractivity contribution is 5.39. The van der Waals surface area contributed by atoms with E-state index in [1.54, 1.807) is 0 Å². The van der Waals surface area contributed by atoms with Gasteiger partial charge in [-0.05, 0) is 50.6 Å². The molecular weight excluding hydrogens is 234 g/mol. The number of hydrogen-bond donors (Lipinski definition) is 1. The lowest BCUT2D eigenvalue weighted by atomic mass is 9.93. The number of hydrogen-bond acceptors (Lipinski definition) is 2. The van der Waals surface area contributed by atoms with E-state index in [-0.39, 0.29) is 0 Å². The Kier molecular flexibility index (Phi) is 4.07. The topological polar surface area (TPSA) is 21.3 Å². The van der Waals surface area contributed by atoms with Crippen LogP contribution in [0.25, 0.3) is 0 Å². The Balaban J connectivity index is 1.54. The second kappa shape index (κ2) is 5.96. The zero-order valence-electron chi connectivity index (χ0n) is 11.9. The van der Waals surface area contributed by atoms with Crippen LogP contribution in [0.2, 0.25) is 0 Å². The molecule has 1 N–H and O–H groups in total. The molecule has 1 aliphatic carbocycles. The quantitative estimate of drug-likeness (QED) is 0.805. The van der Waals surface area contributed by atoms with Crippen LogP contribution in [0, 0.1) is 5.92 Å². The van der Waals surface area contributed by atoms with Crippen molar-refractivity contribution < 1.29 is 4.74 Å². The Hall–Kier alpha value is -1.02. The fourth-order valence-corrected chi connectivity index (χ4v) is 3.18. The van der Waals surface area contributed by atoms with E-state index in [9.17, 15) is 0 Å². The molecule has 2 atom stereocenters. The van der Waals surface area contributed by atoms with Crippen LogP contribution in [-0.2, 0) is 0 Å². The Labute approximate surface area is 116 Å². The molecule has 1 aliphatic heterocycles. The van der Waals surface area contributed by atoms with Crippen molar-refractivity contribution in [1.29, 1.82) is 0 Å². The fraction of sp³-hybridized carbons (Fsp3) is 0.647. The van der Waals surface area contributed by atoms with E-state index in [0.29, 0.717) is 5.92 Å². The van der Waals surface area contributed by atoms with Crippen molar-refractivity contribution in [1.82, 2.24) is 5.32 Å². The summed E-state index contributed by atoms with van der Waals surface area (Å²) in [5.41, 5.74) is 1.42. The number of rotatable bonds is 7. The molecule has 3 rings (SSSR count). The van der Waals surface area contributed by atoms with Crippen LogP contribution >= 0.6 is 0 Å². The molecule has 104 valence electrons. The van der Waals surface area contributed by atoms with Crippen molar-refractivity contribution in [2.45, 2.75) is 51.0 Å². The first-order chi connectivity index (χ1) is 9.38. The van der Waals surface area contributed by atoms with E-state index in [1.807, 2.05) is 0 Å². The second-order valence-electron chi connectivity index (χ2n) is 6.02. The normalized spacial score (nSPS) is 22.9. The number of fused-ring (bicyclic) bond motifs is 1. The second-order valence-corrected chi connectivity index (χ2v) is 6.02. The average Bonchev–Trinajstić information content (AvgIpc) is 3.20. The zero-order valence-corrected chi connectivity index (χ0v) is 11.9. The molecular formula is C17H25NO. The van der Waals surface area contributed by atoms with Crippen molar-refractivity contribution in [2.24, 2.45) is 5.92 Å². The molecule has 0 spiro atoms.